The van der Waals surface area contributed by atoms with E-state index < -0.39 is 23.9 Å². The van der Waals surface area contributed by atoms with Gasteiger partial charge in [0.2, 0.25) is 11.8 Å². The van der Waals surface area contributed by atoms with E-state index in [2.05, 4.69) is 15.6 Å². The molecule has 3 rings (SSSR count). The number of carbonyl (C=O) groups excluding carboxylic acids is 4. The first-order valence-corrected chi connectivity index (χ1v) is 17.3. The summed E-state index contributed by atoms with van der Waals surface area (Å²) in [5, 5.41) is 6.32. The van der Waals surface area contributed by atoms with Crippen LogP contribution in [0.2, 0.25) is 0 Å². The Bertz CT molecular complexity index is 1320. The number of aliphatic imine (C=N–C) groups is 1. The highest BCUT2D eigenvalue weighted by molar-refractivity contribution is 5.94. The molecular weight excluding hydrogens is 606 g/mol. The molecule has 0 radical (unpaired) electrons. The van der Waals surface area contributed by atoms with Crippen molar-refractivity contribution in [3.8, 4) is 0 Å². The number of nitrogens with zero attached hydrogens (tertiary/aromatic N) is 2. The zero-order valence-electron chi connectivity index (χ0n) is 28.6. The number of nitrogens with one attached hydrogen (secondary N) is 2. The van der Waals surface area contributed by atoms with Crippen LogP contribution in [0.1, 0.15) is 63.5 Å². The molecule has 2 amide bonds. The largest absolute Gasteiger partial charge is 0.370 e. The maximum Gasteiger partial charge on any atom is 0.226 e. The van der Waals surface area contributed by atoms with E-state index in [1.807, 2.05) is 79.4 Å². The average molecular weight is 662 g/mol. The molecule has 2 aromatic carbocycles. The van der Waals surface area contributed by atoms with Crippen LogP contribution in [-0.4, -0.2) is 79.0 Å². The van der Waals surface area contributed by atoms with Crippen molar-refractivity contribution >= 4 is 29.3 Å². The van der Waals surface area contributed by atoms with Crippen molar-refractivity contribution < 1.29 is 19.2 Å². The normalized spacial score (nSPS) is 15.9. The highest BCUT2D eigenvalue weighted by Gasteiger charge is 2.33. The molecule has 11 nitrogen and oxygen atoms in total. The smallest absolute Gasteiger partial charge is 0.226 e. The molecule has 1 saturated heterocycles. The summed E-state index contributed by atoms with van der Waals surface area (Å²) in [5.41, 5.74) is 19.2. The van der Waals surface area contributed by atoms with Gasteiger partial charge in [-0.1, -0.05) is 74.5 Å². The highest BCUT2D eigenvalue weighted by atomic mass is 16.2. The number of nitrogens with two attached hydrogens (primary N) is 3. The van der Waals surface area contributed by atoms with Crippen LogP contribution in [0.4, 0.5) is 0 Å². The van der Waals surface area contributed by atoms with E-state index in [9.17, 15) is 19.2 Å². The van der Waals surface area contributed by atoms with Crippen LogP contribution in [0, 0.1) is 17.8 Å². The first kappa shape index (κ1) is 38.4. The van der Waals surface area contributed by atoms with Gasteiger partial charge in [-0.3, -0.25) is 24.2 Å². The first-order chi connectivity index (χ1) is 23.0. The van der Waals surface area contributed by atoms with E-state index in [1.54, 1.807) is 0 Å². The molecule has 0 bridgehead atoms. The SMILES string of the molecule is CC(C)C[C@@H](NC(=O)[C@H](CC(=O)[C@H](N)Cc1ccccc1)Cc1ccccc1)C(=O)C[C@H](CCCN=C(N)N)C(=O)N1CCCNCC1. The number of benzene rings is 2. The van der Waals surface area contributed by atoms with Crippen molar-refractivity contribution in [2.24, 2.45) is 39.9 Å². The van der Waals surface area contributed by atoms with Gasteiger partial charge >= 0.3 is 0 Å². The molecule has 262 valence electrons. The Labute approximate surface area is 285 Å². The number of hydrogen-bond acceptors (Lipinski definition) is 7. The number of hydrogen-bond donors (Lipinski definition) is 5. The minimum absolute atomic E-state index is 0.00746. The van der Waals surface area contributed by atoms with Crippen molar-refractivity contribution in [1.82, 2.24) is 15.5 Å². The second-order valence-corrected chi connectivity index (χ2v) is 13.3. The lowest BCUT2D eigenvalue weighted by atomic mass is 9.87. The van der Waals surface area contributed by atoms with Gasteiger partial charge in [-0.05, 0) is 62.1 Å². The van der Waals surface area contributed by atoms with E-state index in [-0.39, 0.29) is 48.1 Å². The number of amides is 2. The van der Waals surface area contributed by atoms with Gasteiger partial charge in [-0.25, -0.2) is 0 Å². The van der Waals surface area contributed by atoms with Crippen molar-refractivity contribution in [3.05, 3.63) is 71.8 Å². The van der Waals surface area contributed by atoms with Gasteiger partial charge in [0, 0.05) is 50.9 Å². The van der Waals surface area contributed by atoms with Gasteiger partial charge in [-0.15, -0.1) is 0 Å². The number of rotatable bonds is 19. The van der Waals surface area contributed by atoms with E-state index >= 15 is 0 Å². The van der Waals surface area contributed by atoms with Gasteiger partial charge < -0.3 is 32.7 Å². The van der Waals surface area contributed by atoms with Crippen LogP contribution in [0.25, 0.3) is 0 Å². The highest BCUT2D eigenvalue weighted by Crippen LogP contribution is 2.21. The van der Waals surface area contributed by atoms with E-state index in [1.165, 1.54) is 0 Å². The molecule has 11 heteroatoms. The van der Waals surface area contributed by atoms with Gasteiger partial charge in [0.25, 0.3) is 0 Å². The Hall–Kier alpha value is -4.09. The third-order valence-electron chi connectivity index (χ3n) is 8.72. The first-order valence-electron chi connectivity index (χ1n) is 17.3. The molecule has 4 atom stereocenters. The minimum atomic E-state index is -0.803. The zero-order chi connectivity index (χ0) is 34.9. The quantitative estimate of drug-likeness (QED) is 0.0863. The number of guanidine groups is 1. The lowest BCUT2D eigenvalue weighted by Gasteiger charge is -2.28. The van der Waals surface area contributed by atoms with Gasteiger partial charge in [0.05, 0.1) is 12.1 Å². The summed E-state index contributed by atoms with van der Waals surface area (Å²) < 4.78 is 0. The molecule has 8 N–H and O–H groups in total. The Balaban J connectivity index is 1.78. The minimum Gasteiger partial charge on any atom is -0.370 e. The van der Waals surface area contributed by atoms with Crippen LogP contribution in [0.3, 0.4) is 0 Å². The summed E-state index contributed by atoms with van der Waals surface area (Å²) in [5.74, 6) is -2.04. The van der Waals surface area contributed by atoms with Crippen LogP contribution in [-0.2, 0) is 32.0 Å². The zero-order valence-corrected chi connectivity index (χ0v) is 28.6. The Morgan fingerprint density at radius 3 is 2.10 bits per heavy atom. The summed E-state index contributed by atoms with van der Waals surface area (Å²) >= 11 is 0. The number of ketones is 2. The van der Waals surface area contributed by atoms with E-state index in [0.29, 0.717) is 58.3 Å². The van der Waals surface area contributed by atoms with E-state index in [0.717, 1.165) is 24.1 Å². The summed E-state index contributed by atoms with van der Waals surface area (Å²) in [4.78, 5) is 60.9. The van der Waals surface area contributed by atoms with Crippen LogP contribution in [0.15, 0.2) is 65.7 Å². The fourth-order valence-corrected chi connectivity index (χ4v) is 6.13. The van der Waals surface area contributed by atoms with Crippen LogP contribution in [0.5, 0.6) is 0 Å². The van der Waals surface area contributed by atoms with Crippen molar-refractivity contribution in [1.29, 1.82) is 0 Å². The third kappa shape index (κ3) is 13.6. The van der Waals surface area contributed by atoms with Crippen molar-refractivity contribution in [2.75, 3.05) is 32.7 Å². The summed E-state index contributed by atoms with van der Waals surface area (Å²) in [7, 11) is 0. The second-order valence-electron chi connectivity index (χ2n) is 13.3. The van der Waals surface area contributed by atoms with Crippen molar-refractivity contribution in [2.45, 2.75) is 77.3 Å². The van der Waals surface area contributed by atoms with Gasteiger partial charge in [0.15, 0.2) is 17.5 Å². The summed E-state index contributed by atoms with van der Waals surface area (Å²) in [6, 6.07) is 17.5. The van der Waals surface area contributed by atoms with Gasteiger partial charge in [0.1, 0.15) is 0 Å². The average Bonchev–Trinajstić information content (AvgIpc) is 3.35. The van der Waals surface area contributed by atoms with E-state index in [4.69, 9.17) is 17.2 Å². The van der Waals surface area contributed by atoms with Crippen LogP contribution >= 0.6 is 0 Å². The lowest BCUT2D eigenvalue weighted by molar-refractivity contribution is -0.139. The predicted molar refractivity (Wildman–Crippen MR) is 190 cm³/mol. The standard InChI is InChI=1S/C37H55N7O4/c1-26(2)21-32(34(46)24-29(15-9-17-42-37(39)40)36(48)44-19-10-16-41-18-20-44)43-35(47)30(22-27-11-5-3-6-12-27)25-33(45)31(38)23-28-13-7-4-8-14-28/h3-8,11-14,26,29-32,41H,9-10,15-25,38H2,1-2H3,(H,43,47)(H4,39,40,42)/t29-,30-,31+,32+/m0/s1. The molecular formula is C37H55N7O4. The molecule has 0 unspecified atom stereocenters. The number of carbonyl (C=O) groups is 4. The molecule has 1 aliphatic heterocycles. The maximum absolute atomic E-state index is 14.0. The van der Waals surface area contributed by atoms with Crippen LogP contribution < -0.4 is 27.8 Å². The summed E-state index contributed by atoms with van der Waals surface area (Å²) in [6.45, 7) is 7.07. The summed E-state index contributed by atoms with van der Waals surface area (Å²) in [6.07, 6.45) is 2.87. The molecule has 48 heavy (non-hydrogen) atoms. The van der Waals surface area contributed by atoms with Gasteiger partial charge in [-0.2, -0.15) is 0 Å². The second kappa shape index (κ2) is 20.3. The van der Waals surface area contributed by atoms with Crippen molar-refractivity contribution in [3.63, 3.8) is 0 Å². The third-order valence-corrected chi connectivity index (χ3v) is 8.72. The Morgan fingerprint density at radius 2 is 1.48 bits per heavy atom. The Morgan fingerprint density at radius 1 is 0.854 bits per heavy atom. The molecule has 0 saturated carbocycles. The maximum atomic E-state index is 14.0. The molecule has 0 aliphatic carbocycles. The monoisotopic (exact) mass is 661 g/mol. The topological polar surface area (TPSA) is 186 Å². The molecule has 1 aliphatic rings. The molecule has 0 aromatic heterocycles. The molecule has 0 spiro atoms. The Kier molecular flexibility index (Phi) is 16.2. The predicted octanol–water partition coefficient (Wildman–Crippen LogP) is 2.36. The molecule has 2 aromatic rings. The fourth-order valence-electron chi connectivity index (χ4n) is 6.13. The lowest BCUT2D eigenvalue weighted by Crippen LogP contribution is -2.47. The fraction of sp³-hybridized carbons (Fsp3) is 0.541. The molecule has 1 fully saturated rings. The number of Topliss-reactive ketones (excluding diaryl/α,β-unsaturated/α-hetero) is 2. The molecule has 1 heterocycles.